The second kappa shape index (κ2) is 5.74. The number of anilines is 1. The molecule has 1 aliphatic rings. The summed E-state index contributed by atoms with van der Waals surface area (Å²) in [5.41, 5.74) is 4.23. The molecule has 2 aromatic carbocycles. The lowest BCUT2D eigenvalue weighted by molar-refractivity contribution is -0.117. The van der Waals surface area contributed by atoms with E-state index in [-0.39, 0.29) is 11.2 Å². The molecule has 1 aliphatic heterocycles. The molecule has 116 valence electrons. The van der Waals surface area contributed by atoms with Crippen molar-refractivity contribution in [3.63, 3.8) is 0 Å². The predicted molar refractivity (Wildman–Crippen MR) is 93.9 cm³/mol. The Balaban J connectivity index is 1.53. The third-order valence-electron chi connectivity index (χ3n) is 4.16. The summed E-state index contributed by atoms with van der Waals surface area (Å²) in [6.45, 7) is 2.71. The van der Waals surface area contributed by atoms with E-state index in [1.165, 1.54) is 17.3 Å². The van der Waals surface area contributed by atoms with E-state index in [0.29, 0.717) is 0 Å². The maximum absolute atomic E-state index is 12.8. The van der Waals surface area contributed by atoms with Crippen LogP contribution in [0.2, 0.25) is 0 Å². The van der Waals surface area contributed by atoms with Gasteiger partial charge in [-0.1, -0.05) is 42.1 Å². The van der Waals surface area contributed by atoms with Gasteiger partial charge in [-0.2, -0.15) is 0 Å². The number of thioether (sulfide) groups is 1. The van der Waals surface area contributed by atoms with Crippen LogP contribution in [0.5, 0.6) is 0 Å². The number of nitrogens with one attached hydrogen (secondary N) is 1. The average Bonchev–Trinajstić information content (AvgIpc) is 3.17. The van der Waals surface area contributed by atoms with E-state index in [9.17, 15) is 4.79 Å². The molecule has 1 amide bonds. The van der Waals surface area contributed by atoms with Crippen LogP contribution in [0.4, 0.5) is 5.69 Å². The Morgan fingerprint density at radius 3 is 2.87 bits per heavy atom. The van der Waals surface area contributed by atoms with Crippen molar-refractivity contribution in [2.45, 2.75) is 23.8 Å². The van der Waals surface area contributed by atoms with Crippen molar-refractivity contribution in [3.8, 4) is 0 Å². The van der Waals surface area contributed by atoms with Crippen LogP contribution in [-0.2, 0) is 11.2 Å². The Hall–Kier alpha value is -2.27. The van der Waals surface area contributed by atoms with Gasteiger partial charge in [0.2, 0.25) is 5.91 Å². The summed E-state index contributed by atoms with van der Waals surface area (Å²) >= 11 is 1.48. The van der Waals surface area contributed by atoms with Crippen LogP contribution in [0, 0.1) is 0 Å². The molecule has 1 unspecified atom stereocenters. The first-order chi connectivity index (χ1) is 11.2. The molecule has 1 atom stereocenters. The van der Waals surface area contributed by atoms with Gasteiger partial charge in [0.1, 0.15) is 0 Å². The second-order valence-corrected chi connectivity index (χ2v) is 7.02. The normalized spacial score (nSPS) is 14.9. The molecule has 1 aromatic heterocycles. The summed E-state index contributed by atoms with van der Waals surface area (Å²) in [5, 5.41) is 0.612. The van der Waals surface area contributed by atoms with Crippen molar-refractivity contribution in [3.05, 3.63) is 54.1 Å². The topological polar surface area (TPSA) is 49.0 Å². The van der Waals surface area contributed by atoms with Crippen LogP contribution in [0.3, 0.4) is 0 Å². The van der Waals surface area contributed by atoms with Crippen molar-refractivity contribution >= 4 is 34.4 Å². The maximum Gasteiger partial charge on any atom is 0.240 e. The molecule has 23 heavy (non-hydrogen) atoms. The molecule has 0 radical (unpaired) electrons. The van der Waals surface area contributed by atoms with Crippen molar-refractivity contribution in [1.29, 1.82) is 0 Å². The van der Waals surface area contributed by atoms with Crippen molar-refractivity contribution in [2.75, 3.05) is 11.4 Å². The van der Waals surface area contributed by atoms with Gasteiger partial charge in [0, 0.05) is 12.2 Å². The molecule has 0 bridgehead atoms. The zero-order chi connectivity index (χ0) is 15.8. The summed E-state index contributed by atoms with van der Waals surface area (Å²) < 4.78 is 0. The molecule has 5 heteroatoms. The second-order valence-electron chi connectivity index (χ2n) is 5.69. The number of carbonyl (C=O) groups is 1. The van der Waals surface area contributed by atoms with E-state index >= 15 is 0 Å². The van der Waals surface area contributed by atoms with Crippen LogP contribution >= 0.6 is 11.8 Å². The van der Waals surface area contributed by atoms with Gasteiger partial charge in [-0.15, -0.1) is 0 Å². The number of para-hydroxylation sites is 3. The summed E-state index contributed by atoms with van der Waals surface area (Å²) in [6.07, 6.45) is 0.934. The summed E-state index contributed by atoms with van der Waals surface area (Å²) in [4.78, 5) is 22.5. The van der Waals surface area contributed by atoms with E-state index in [4.69, 9.17) is 0 Å². The molecular formula is C18H17N3OS. The number of imidazole rings is 1. The number of hydrogen-bond donors (Lipinski definition) is 1. The summed E-state index contributed by atoms with van der Waals surface area (Å²) in [7, 11) is 0. The van der Waals surface area contributed by atoms with Crippen molar-refractivity contribution in [2.24, 2.45) is 0 Å². The van der Waals surface area contributed by atoms with E-state index in [1.54, 1.807) is 0 Å². The van der Waals surface area contributed by atoms with Crippen LogP contribution < -0.4 is 4.90 Å². The number of benzene rings is 2. The van der Waals surface area contributed by atoms with Gasteiger partial charge >= 0.3 is 0 Å². The van der Waals surface area contributed by atoms with E-state index in [1.807, 2.05) is 54.3 Å². The number of H-pyrrole nitrogens is 1. The molecule has 4 rings (SSSR count). The van der Waals surface area contributed by atoms with Gasteiger partial charge in [0.25, 0.3) is 0 Å². The van der Waals surface area contributed by atoms with Gasteiger partial charge < -0.3 is 9.88 Å². The fourth-order valence-electron chi connectivity index (χ4n) is 2.99. The Bertz CT molecular complexity index is 840. The number of aromatic amines is 1. The first-order valence-electron chi connectivity index (χ1n) is 7.73. The van der Waals surface area contributed by atoms with Crippen LogP contribution in [-0.4, -0.2) is 27.7 Å². The highest BCUT2D eigenvalue weighted by atomic mass is 32.2. The lowest BCUT2D eigenvalue weighted by atomic mass is 10.2. The number of aromatic nitrogens is 2. The van der Waals surface area contributed by atoms with E-state index in [0.717, 1.165) is 34.8 Å². The third kappa shape index (κ3) is 2.61. The van der Waals surface area contributed by atoms with Crippen LogP contribution in [0.1, 0.15) is 12.5 Å². The lowest BCUT2D eigenvalue weighted by Crippen LogP contribution is -2.35. The Morgan fingerprint density at radius 1 is 1.22 bits per heavy atom. The number of hydrogen-bond acceptors (Lipinski definition) is 3. The first-order valence-corrected chi connectivity index (χ1v) is 8.61. The predicted octanol–water partition coefficient (Wildman–Crippen LogP) is 3.63. The third-order valence-corrected chi connectivity index (χ3v) is 5.13. The minimum absolute atomic E-state index is 0.139. The molecule has 1 N–H and O–H groups in total. The molecule has 0 spiro atoms. The average molecular weight is 323 g/mol. The molecular weight excluding hydrogens is 306 g/mol. The Kier molecular flexibility index (Phi) is 3.58. The smallest absolute Gasteiger partial charge is 0.240 e. The quantitative estimate of drug-likeness (QED) is 0.749. The highest BCUT2D eigenvalue weighted by Crippen LogP contribution is 2.31. The van der Waals surface area contributed by atoms with Gasteiger partial charge in [0.05, 0.1) is 16.3 Å². The highest BCUT2D eigenvalue weighted by molar-refractivity contribution is 8.00. The fourth-order valence-corrected chi connectivity index (χ4v) is 3.87. The molecule has 0 fully saturated rings. The zero-order valence-corrected chi connectivity index (χ0v) is 13.6. The monoisotopic (exact) mass is 323 g/mol. The molecule has 2 heterocycles. The molecule has 0 saturated carbocycles. The number of rotatable bonds is 3. The Morgan fingerprint density at radius 2 is 2.00 bits per heavy atom. The first kappa shape index (κ1) is 14.3. The van der Waals surface area contributed by atoms with Crippen LogP contribution in [0.25, 0.3) is 11.0 Å². The fraction of sp³-hybridized carbons (Fsp3) is 0.222. The zero-order valence-electron chi connectivity index (χ0n) is 12.8. The number of carbonyl (C=O) groups excluding carboxylic acids is 1. The molecule has 3 aromatic rings. The largest absolute Gasteiger partial charge is 0.333 e. The lowest BCUT2D eigenvalue weighted by Gasteiger charge is -2.20. The number of nitrogens with zero attached hydrogens (tertiary/aromatic N) is 2. The van der Waals surface area contributed by atoms with E-state index in [2.05, 4.69) is 16.0 Å². The summed E-state index contributed by atoms with van der Waals surface area (Å²) in [6, 6.07) is 16.0. The highest BCUT2D eigenvalue weighted by Gasteiger charge is 2.28. The van der Waals surface area contributed by atoms with Gasteiger partial charge in [-0.25, -0.2) is 4.98 Å². The molecule has 4 nitrogen and oxygen atoms in total. The standard InChI is InChI=1S/C18H17N3OS/c1-12(23-18-19-14-7-3-4-8-15(14)20-18)17(22)21-11-10-13-6-2-5-9-16(13)21/h2-9,12H,10-11H2,1H3,(H,19,20). The van der Waals surface area contributed by atoms with Crippen molar-refractivity contribution in [1.82, 2.24) is 9.97 Å². The molecule has 0 saturated heterocycles. The van der Waals surface area contributed by atoms with Gasteiger partial charge in [-0.05, 0) is 37.1 Å². The molecule has 0 aliphatic carbocycles. The number of amides is 1. The van der Waals surface area contributed by atoms with Crippen LogP contribution in [0.15, 0.2) is 53.7 Å². The number of fused-ring (bicyclic) bond motifs is 2. The minimum Gasteiger partial charge on any atom is -0.333 e. The Labute approximate surface area is 138 Å². The summed E-state index contributed by atoms with van der Waals surface area (Å²) in [5.74, 6) is 0.139. The van der Waals surface area contributed by atoms with Gasteiger partial charge in [-0.3, -0.25) is 4.79 Å². The maximum atomic E-state index is 12.8. The van der Waals surface area contributed by atoms with Crippen molar-refractivity contribution < 1.29 is 4.79 Å². The van der Waals surface area contributed by atoms with E-state index < -0.39 is 0 Å². The SMILES string of the molecule is CC(Sc1nc2ccccc2[nH]1)C(=O)N1CCc2ccccc21. The van der Waals surface area contributed by atoms with Gasteiger partial charge in [0.15, 0.2) is 5.16 Å². The minimum atomic E-state index is -0.179.